The standard InChI is InChI=1S/C21H29N3O5/c1-7-29-16-11-9-15(12-18(16)26-4)24-21(22-2)23-13-14-8-10-17(25-3)20(28-6)19(14)27-5/h8-12H,7,13H2,1-6H3,(H2,22,23,24). The molecule has 0 aromatic heterocycles. The van der Waals surface area contributed by atoms with Crippen molar-refractivity contribution in [2.75, 3.05) is 47.4 Å². The first-order chi connectivity index (χ1) is 14.1. The van der Waals surface area contributed by atoms with E-state index in [9.17, 15) is 0 Å². The van der Waals surface area contributed by atoms with Gasteiger partial charge in [-0.15, -0.1) is 0 Å². The fourth-order valence-corrected chi connectivity index (χ4v) is 2.82. The third-order valence-electron chi connectivity index (χ3n) is 4.18. The maximum absolute atomic E-state index is 5.55. The van der Waals surface area contributed by atoms with Gasteiger partial charge >= 0.3 is 0 Å². The normalized spacial score (nSPS) is 10.9. The number of methoxy groups -OCH3 is 4. The lowest BCUT2D eigenvalue weighted by molar-refractivity contribution is 0.311. The summed E-state index contributed by atoms with van der Waals surface area (Å²) in [6, 6.07) is 9.37. The Bertz CT molecular complexity index is 839. The van der Waals surface area contributed by atoms with Gasteiger partial charge in [0, 0.05) is 30.9 Å². The van der Waals surface area contributed by atoms with Gasteiger partial charge in [0.2, 0.25) is 5.75 Å². The van der Waals surface area contributed by atoms with E-state index in [1.807, 2.05) is 37.3 Å². The SMILES string of the molecule is CCOc1ccc(NC(=NC)NCc2ccc(OC)c(OC)c2OC)cc1OC. The van der Waals surface area contributed by atoms with Gasteiger partial charge in [0.1, 0.15) is 0 Å². The average molecular weight is 403 g/mol. The summed E-state index contributed by atoms with van der Waals surface area (Å²) < 4.78 is 27.2. The molecule has 29 heavy (non-hydrogen) atoms. The molecule has 158 valence electrons. The van der Waals surface area contributed by atoms with Gasteiger partial charge in [-0.05, 0) is 31.2 Å². The molecule has 0 aliphatic heterocycles. The van der Waals surface area contributed by atoms with Gasteiger partial charge < -0.3 is 34.3 Å². The second-order valence-electron chi connectivity index (χ2n) is 5.84. The van der Waals surface area contributed by atoms with E-state index in [0.717, 1.165) is 11.3 Å². The second-order valence-corrected chi connectivity index (χ2v) is 5.84. The van der Waals surface area contributed by atoms with E-state index in [1.165, 1.54) is 0 Å². The molecule has 0 heterocycles. The highest BCUT2D eigenvalue weighted by atomic mass is 16.5. The van der Waals surface area contributed by atoms with E-state index < -0.39 is 0 Å². The van der Waals surface area contributed by atoms with Gasteiger partial charge in [-0.1, -0.05) is 0 Å². The predicted octanol–water partition coefficient (Wildman–Crippen LogP) is 3.31. The quantitative estimate of drug-likeness (QED) is 0.491. The minimum absolute atomic E-state index is 0.470. The highest BCUT2D eigenvalue weighted by molar-refractivity contribution is 5.93. The number of hydrogen-bond donors (Lipinski definition) is 2. The molecule has 0 aliphatic carbocycles. The van der Waals surface area contributed by atoms with Crippen molar-refractivity contribution < 1.29 is 23.7 Å². The van der Waals surface area contributed by atoms with Gasteiger partial charge in [0.05, 0.1) is 35.0 Å². The largest absolute Gasteiger partial charge is 0.493 e. The van der Waals surface area contributed by atoms with Crippen LogP contribution in [0.15, 0.2) is 35.3 Å². The number of benzene rings is 2. The summed E-state index contributed by atoms with van der Waals surface area (Å²) in [6.45, 7) is 2.97. The van der Waals surface area contributed by atoms with Crippen LogP contribution in [0.5, 0.6) is 28.7 Å². The summed E-state index contributed by atoms with van der Waals surface area (Å²) in [5.41, 5.74) is 1.72. The van der Waals surface area contributed by atoms with Crippen molar-refractivity contribution in [2.24, 2.45) is 4.99 Å². The second kappa shape index (κ2) is 10.9. The Balaban J connectivity index is 2.14. The monoisotopic (exact) mass is 403 g/mol. The van der Waals surface area contributed by atoms with Crippen LogP contribution in [-0.4, -0.2) is 48.1 Å². The van der Waals surface area contributed by atoms with E-state index >= 15 is 0 Å². The van der Waals surface area contributed by atoms with Crippen LogP contribution in [0.25, 0.3) is 0 Å². The van der Waals surface area contributed by atoms with E-state index in [-0.39, 0.29) is 0 Å². The molecule has 0 bridgehead atoms. The summed E-state index contributed by atoms with van der Waals surface area (Å²) in [5.74, 6) is 3.70. The zero-order chi connectivity index (χ0) is 21.2. The summed E-state index contributed by atoms with van der Waals surface area (Å²) in [5, 5.41) is 6.50. The van der Waals surface area contributed by atoms with Crippen molar-refractivity contribution in [1.29, 1.82) is 0 Å². The Morgan fingerprint density at radius 1 is 0.862 bits per heavy atom. The minimum Gasteiger partial charge on any atom is -0.493 e. The van der Waals surface area contributed by atoms with Crippen LogP contribution in [0.3, 0.4) is 0 Å². The lowest BCUT2D eigenvalue weighted by Crippen LogP contribution is -2.30. The molecule has 0 atom stereocenters. The smallest absolute Gasteiger partial charge is 0.203 e. The molecule has 0 aliphatic rings. The van der Waals surface area contributed by atoms with Crippen LogP contribution in [0.4, 0.5) is 5.69 Å². The van der Waals surface area contributed by atoms with E-state index in [1.54, 1.807) is 35.5 Å². The van der Waals surface area contributed by atoms with Crippen molar-refractivity contribution in [3.05, 3.63) is 35.9 Å². The molecule has 0 saturated carbocycles. The van der Waals surface area contributed by atoms with Crippen molar-refractivity contribution in [3.8, 4) is 28.7 Å². The fraction of sp³-hybridized carbons (Fsp3) is 0.381. The number of nitrogens with zero attached hydrogens (tertiary/aromatic N) is 1. The molecule has 0 amide bonds. The third kappa shape index (κ3) is 5.37. The summed E-state index contributed by atoms with van der Waals surface area (Å²) in [6.07, 6.45) is 0. The van der Waals surface area contributed by atoms with Gasteiger partial charge in [-0.25, -0.2) is 0 Å². The molecule has 0 fully saturated rings. The molecule has 2 aromatic carbocycles. The molecule has 2 N–H and O–H groups in total. The molecule has 2 rings (SSSR count). The molecule has 0 unspecified atom stereocenters. The molecule has 8 heteroatoms. The Labute approximate surface area is 171 Å². The number of guanidine groups is 1. The van der Waals surface area contributed by atoms with Crippen LogP contribution in [-0.2, 0) is 6.54 Å². The number of ether oxygens (including phenoxy) is 5. The lowest BCUT2D eigenvalue weighted by atomic mass is 10.1. The zero-order valence-electron chi connectivity index (χ0n) is 17.8. The number of anilines is 1. The maximum Gasteiger partial charge on any atom is 0.203 e. The molecular formula is C21H29N3O5. The van der Waals surface area contributed by atoms with Gasteiger partial charge in [-0.3, -0.25) is 4.99 Å². The molecule has 0 saturated heterocycles. The van der Waals surface area contributed by atoms with Gasteiger partial charge in [0.25, 0.3) is 0 Å². The number of hydrogen-bond acceptors (Lipinski definition) is 6. The Hall–Kier alpha value is -3.29. The number of aliphatic imine (C=N–C) groups is 1. The lowest BCUT2D eigenvalue weighted by Gasteiger charge is -2.18. The van der Waals surface area contributed by atoms with Crippen LogP contribution in [0.2, 0.25) is 0 Å². The molecule has 8 nitrogen and oxygen atoms in total. The number of nitrogens with one attached hydrogen (secondary N) is 2. The number of rotatable bonds is 9. The first-order valence-electron chi connectivity index (χ1n) is 9.18. The summed E-state index contributed by atoms with van der Waals surface area (Å²) in [7, 11) is 8.08. The van der Waals surface area contributed by atoms with Crippen LogP contribution in [0.1, 0.15) is 12.5 Å². The highest BCUT2D eigenvalue weighted by Gasteiger charge is 2.16. The fourth-order valence-electron chi connectivity index (χ4n) is 2.82. The van der Waals surface area contributed by atoms with E-state index in [4.69, 9.17) is 23.7 Å². The van der Waals surface area contributed by atoms with Crippen molar-refractivity contribution >= 4 is 11.6 Å². The van der Waals surface area contributed by atoms with E-state index in [0.29, 0.717) is 47.9 Å². The highest BCUT2D eigenvalue weighted by Crippen LogP contribution is 2.39. The summed E-state index contributed by atoms with van der Waals surface area (Å²) >= 11 is 0. The van der Waals surface area contributed by atoms with Crippen LogP contribution in [0, 0.1) is 0 Å². The summed E-state index contributed by atoms with van der Waals surface area (Å²) in [4.78, 5) is 4.27. The Kier molecular flexibility index (Phi) is 8.27. The first-order valence-corrected chi connectivity index (χ1v) is 9.18. The third-order valence-corrected chi connectivity index (χ3v) is 4.18. The van der Waals surface area contributed by atoms with Crippen molar-refractivity contribution in [2.45, 2.75) is 13.5 Å². The molecule has 2 aromatic rings. The Morgan fingerprint density at radius 2 is 1.55 bits per heavy atom. The Morgan fingerprint density at radius 3 is 2.14 bits per heavy atom. The van der Waals surface area contributed by atoms with Gasteiger partial charge in [-0.2, -0.15) is 0 Å². The predicted molar refractivity (Wildman–Crippen MR) is 114 cm³/mol. The molecule has 0 radical (unpaired) electrons. The van der Waals surface area contributed by atoms with Gasteiger partial charge in [0.15, 0.2) is 29.0 Å². The minimum atomic E-state index is 0.470. The van der Waals surface area contributed by atoms with Crippen molar-refractivity contribution in [1.82, 2.24) is 5.32 Å². The molecular weight excluding hydrogens is 374 g/mol. The topological polar surface area (TPSA) is 82.6 Å². The zero-order valence-corrected chi connectivity index (χ0v) is 17.8. The van der Waals surface area contributed by atoms with Crippen LogP contribution < -0.4 is 34.3 Å². The first kappa shape index (κ1) is 22.0. The van der Waals surface area contributed by atoms with E-state index in [2.05, 4.69) is 15.6 Å². The molecule has 0 spiro atoms. The average Bonchev–Trinajstić information content (AvgIpc) is 2.76. The van der Waals surface area contributed by atoms with Crippen molar-refractivity contribution in [3.63, 3.8) is 0 Å². The maximum atomic E-state index is 5.55. The van der Waals surface area contributed by atoms with Crippen LogP contribution >= 0.6 is 0 Å².